The molecular formula is C19H21N5O6. The van der Waals surface area contributed by atoms with E-state index in [2.05, 4.69) is 15.3 Å². The minimum Gasteiger partial charge on any atom is -0.462 e. The lowest BCUT2D eigenvalue weighted by Crippen LogP contribution is -2.41. The molecule has 2 heterocycles. The zero-order valence-electron chi connectivity index (χ0n) is 16.4. The number of nitro groups is 1. The molecule has 1 aromatic carbocycles. The molecule has 0 spiro atoms. The van der Waals surface area contributed by atoms with Gasteiger partial charge in [0.2, 0.25) is 11.9 Å². The van der Waals surface area contributed by atoms with Crippen molar-refractivity contribution in [1.29, 1.82) is 0 Å². The number of benzene rings is 1. The van der Waals surface area contributed by atoms with E-state index in [-0.39, 0.29) is 42.0 Å². The van der Waals surface area contributed by atoms with Crippen LogP contribution >= 0.6 is 0 Å². The van der Waals surface area contributed by atoms with Crippen LogP contribution in [0, 0.1) is 10.1 Å². The normalized spacial score (nSPS) is 14.2. The quantitative estimate of drug-likeness (QED) is 0.405. The molecular weight excluding hydrogens is 394 g/mol. The highest BCUT2D eigenvalue weighted by Crippen LogP contribution is 2.26. The highest BCUT2D eigenvalue weighted by atomic mass is 16.6. The van der Waals surface area contributed by atoms with Crippen LogP contribution in [0.25, 0.3) is 11.3 Å². The highest BCUT2D eigenvalue weighted by Gasteiger charge is 2.21. The summed E-state index contributed by atoms with van der Waals surface area (Å²) in [4.78, 5) is 45.5. The predicted molar refractivity (Wildman–Crippen MR) is 106 cm³/mol. The third-order valence-corrected chi connectivity index (χ3v) is 4.34. The molecule has 0 atom stereocenters. The summed E-state index contributed by atoms with van der Waals surface area (Å²) in [6, 6.07) is 5.70. The van der Waals surface area contributed by atoms with Crippen LogP contribution in [0.2, 0.25) is 0 Å². The number of rotatable bonds is 7. The number of hydrogen-bond donors (Lipinski definition) is 1. The van der Waals surface area contributed by atoms with Crippen molar-refractivity contribution in [1.82, 2.24) is 14.9 Å². The number of nitrogens with zero attached hydrogens (tertiary/aromatic N) is 4. The van der Waals surface area contributed by atoms with Gasteiger partial charge in [0, 0.05) is 37.0 Å². The maximum absolute atomic E-state index is 12.3. The van der Waals surface area contributed by atoms with Crippen molar-refractivity contribution in [2.75, 3.05) is 44.8 Å². The van der Waals surface area contributed by atoms with Gasteiger partial charge in [0.05, 0.1) is 37.0 Å². The van der Waals surface area contributed by atoms with E-state index in [1.54, 1.807) is 13.0 Å². The molecule has 1 saturated heterocycles. The first-order valence-electron chi connectivity index (χ1n) is 9.37. The van der Waals surface area contributed by atoms with Gasteiger partial charge in [-0.05, 0) is 6.92 Å². The predicted octanol–water partition coefficient (Wildman–Crippen LogP) is 1.50. The summed E-state index contributed by atoms with van der Waals surface area (Å²) in [5.74, 6) is -0.987. The second kappa shape index (κ2) is 9.85. The van der Waals surface area contributed by atoms with Crippen LogP contribution in [0.15, 0.2) is 30.5 Å². The average molecular weight is 415 g/mol. The third kappa shape index (κ3) is 5.33. The molecule has 158 valence electrons. The SMILES string of the molecule is CCOC(=O)c1cnc(NC(=O)CN2CCOCC2)nc1-c1cccc([N+](=O)[O-])c1. The summed E-state index contributed by atoms with van der Waals surface area (Å²) < 4.78 is 10.3. The van der Waals surface area contributed by atoms with Gasteiger partial charge in [0.1, 0.15) is 5.56 Å². The van der Waals surface area contributed by atoms with Crippen LogP contribution in [0.4, 0.5) is 11.6 Å². The van der Waals surface area contributed by atoms with Gasteiger partial charge in [0.25, 0.3) is 5.69 Å². The lowest BCUT2D eigenvalue weighted by molar-refractivity contribution is -0.384. The van der Waals surface area contributed by atoms with Crippen LogP contribution in [0.3, 0.4) is 0 Å². The molecule has 1 aliphatic heterocycles. The molecule has 1 aromatic heterocycles. The standard InChI is InChI=1S/C19H21N5O6/c1-2-30-18(26)15-11-20-19(21-16(25)12-23-6-8-29-9-7-23)22-17(15)13-4-3-5-14(10-13)24(27)28/h3-5,10-11H,2,6-9,12H2,1H3,(H,20,21,22,25). The largest absolute Gasteiger partial charge is 0.462 e. The zero-order chi connectivity index (χ0) is 21.5. The molecule has 0 radical (unpaired) electrons. The molecule has 11 nitrogen and oxygen atoms in total. The van der Waals surface area contributed by atoms with Crippen LogP contribution in [-0.4, -0.2) is 71.1 Å². The number of non-ortho nitro benzene ring substituents is 1. The number of nitro benzene ring substituents is 1. The molecule has 30 heavy (non-hydrogen) atoms. The smallest absolute Gasteiger partial charge is 0.341 e. The van der Waals surface area contributed by atoms with Crippen molar-refractivity contribution in [3.05, 3.63) is 46.1 Å². The Morgan fingerprint density at radius 3 is 2.80 bits per heavy atom. The van der Waals surface area contributed by atoms with Crippen molar-refractivity contribution < 1.29 is 24.0 Å². The number of aromatic nitrogens is 2. The minimum atomic E-state index is -0.662. The number of carbonyl (C=O) groups is 2. The van der Waals surface area contributed by atoms with Crippen molar-refractivity contribution in [2.24, 2.45) is 0 Å². The molecule has 0 unspecified atom stereocenters. The van der Waals surface area contributed by atoms with Crippen molar-refractivity contribution >= 4 is 23.5 Å². The van der Waals surface area contributed by atoms with Gasteiger partial charge >= 0.3 is 5.97 Å². The van der Waals surface area contributed by atoms with Gasteiger partial charge in [-0.2, -0.15) is 0 Å². The minimum absolute atomic E-state index is 0.0113. The Morgan fingerprint density at radius 1 is 1.33 bits per heavy atom. The summed E-state index contributed by atoms with van der Waals surface area (Å²) in [6.45, 7) is 4.38. The average Bonchev–Trinajstić information content (AvgIpc) is 2.74. The molecule has 1 N–H and O–H groups in total. The Kier molecular flexibility index (Phi) is 6.99. The van der Waals surface area contributed by atoms with E-state index >= 15 is 0 Å². The first-order chi connectivity index (χ1) is 14.5. The van der Waals surface area contributed by atoms with Gasteiger partial charge in [0.15, 0.2) is 0 Å². The van der Waals surface area contributed by atoms with Gasteiger partial charge in [-0.25, -0.2) is 14.8 Å². The van der Waals surface area contributed by atoms with Crippen LogP contribution in [-0.2, 0) is 14.3 Å². The summed E-state index contributed by atoms with van der Waals surface area (Å²) in [6.07, 6.45) is 1.24. The maximum atomic E-state index is 12.3. The second-order valence-corrected chi connectivity index (χ2v) is 6.42. The molecule has 3 rings (SSSR count). The molecule has 1 amide bonds. The fourth-order valence-corrected chi connectivity index (χ4v) is 2.91. The number of hydrogen-bond acceptors (Lipinski definition) is 9. The van der Waals surface area contributed by atoms with Crippen molar-refractivity contribution in [2.45, 2.75) is 6.92 Å². The van der Waals surface area contributed by atoms with E-state index in [1.165, 1.54) is 24.4 Å². The molecule has 2 aromatic rings. The van der Waals surface area contributed by atoms with Crippen molar-refractivity contribution in [3.8, 4) is 11.3 Å². The molecule has 1 aliphatic rings. The molecule has 1 fully saturated rings. The van der Waals surface area contributed by atoms with Crippen LogP contribution < -0.4 is 5.32 Å². The Hall–Kier alpha value is -3.44. The fraction of sp³-hybridized carbons (Fsp3) is 0.368. The van der Waals surface area contributed by atoms with E-state index in [0.29, 0.717) is 31.9 Å². The lowest BCUT2D eigenvalue weighted by atomic mass is 10.1. The lowest BCUT2D eigenvalue weighted by Gasteiger charge is -2.25. The highest BCUT2D eigenvalue weighted by molar-refractivity contribution is 5.97. The summed E-state index contributed by atoms with van der Waals surface area (Å²) >= 11 is 0. The van der Waals surface area contributed by atoms with E-state index in [0.717, 1.165) is 0 Å². The first kappa shape index (κ1) is 21.3. The van der Waals surface area contributed by atoms with Crippen LogP contribution in [0.1, 0.15) is 17.3 Å². The number of ether oxygens (including phenoxy) is 2. The third-order valence-electron chi connectivity index (χ3n) is 4.34. The maximum Gasteiger partial charge on any atom is 0.341 e. The van der Waals surface area contributed by atoms with Gasteiger partial charge < -0.3 is 9.47 Å². The number of anilines is 1. The second-order valence-electron chi connectivity index (χ2n) is 6.42. The van der Waals surface area contributed by atoms with E-state index in [4.69, 9.17) is 9.47 Å². The van der Waals surface area contributed by atoms with Gasteiger partial charge in [-0.1, -0.05) is 12.1 Å². The van der Waals surface area contributed by atoms with Gasteiger partial charge in [-0.3, -0.25) is 25.1 Å². The van der Waals surface area contributed by atoms with Crippen LogP contribution in [0.5, 0.6) is 0 Å². The van der Waals surface area contributed by atoms with Gasteiger partial charge in [-0.15, -0.1) is 0 Å². The van der Waals surface area contributed by atoms with E-state index in [9.17, 15) is 19.7 Å². The monoisotopic (exact) mass is 415 g/mol. The fourth-order valence-electron chi connectivity index (χ4n) is 2.91. The van der Waals surface area contributed by atoms with E-state index in [1.807, 2.05) is 4.90 Å². The number of amides is 1. The van der Waals surface area contributed by atoms with Crippen molar-refractivity contribution in [3.63, 3.8) is 0 Å². The Morgan fingerprint density at radius 2 is 2.10 bits per heavy atom. The number of nitrogens with one attached hydrogen (secondary N) is 1. The Bertz CT molecular complexity index is 945. The molecule has 0 aliphatic carbocycles. The molecule has 0 bridgehead atoms. The molecule has 0 saturated carbocycles. The topological polar surface area (TPSA) is 137 Å². The Labute approximate surface area is 172 Å². The molecule has 11 heteroatoms. The summed E-state index contributed by atoms with van der Waals surface area (Å²) in [5.41, 5.74) is 0.356. The number of morpholine rings is 1. The summed E-state index contributed by atoms with van der Waals surface area (Å²) in [5, 5.41) is 13.7. The Balaban J connectivity index is 1.88. The number of carbonyl (C=O) groups excluding carboxylic acids is 2. The summed E-state index contributed by atoms with van der Waals surface area (Å²) in [7, 11) is 0. The first-order valence-corrected chi connectivity index (χ1v) is 9.37. The zero-order valence-corrected chi connectivity index (χ0v) is 16.4. The number of esters is 1. The van der Waals surface area contributed by atoms with E-state index < -0.39 is 10.9 Å².